The number of nitrogens with zero attached hydrogens (tertiary/aromatic N) is 1. The highest BCUT2D eigenvalue weighted by Gasteiger charge is 2.11. The predicted molar refractivity (Wildman–Crippen MR) is 76.3 cm³/mol. The van der Waals surface area contributed by atoms with Gasteiger partial charge in [0.2, 0.25) is 0 Å². The lowest BCUT2D eigenvalue weighted by Gasteiger charge is -2.25. The summed E-state index contributed by atoms with van der Waals surface area (Å²) in [5.41, 5.74) is 3.65. The van der Waals surface area contributed by atoms with Gasteiger partial charge in [0.15, 0.2) is 0 Å². The lowest BCUT2D eigenvalue weighted by atomic mass is 10.1. The molecule has 0 heterocycles. The second kappa shape index (κ2) is 6.76. The van der Waals surface area contributed by atoms with Crippen LogP contribution in [0.4, 0.5) is 5.69 Å². The van der Waals surface area contributed by atoms with Gasteiger partial charge >= 0.3 is 0 Å². The maximum Gasteiger partial charge on any atom is 0.0948 e. The minimum Gasteiger partial charge on any atom is -0.389 e. The fraction of sp³-hybridized carbons (Fsp3) is 0.600. The van der Waals surface area contributed by atoms with Gasteiger partial charge < -0.3 is 14.7 Å². The van der Waals surface area contributed by atoms with Crippen molar-refractivity contribution < 1.29 is 9.84 Å². The van der Waals surface area contributed by atoms with Gasteiger partial charge in [0, 0.05) is 19.3 Å². The molecule has 1 atom stereocenters. The van der Waals surface area contributed by atoms with Crippen LogP contribution < -0.4 is 4.90 Å². The van der Waals surface area contributed by atoms with E-state index in [1.165, 1.54) is 11.1 Å². The van der Waals surface area contributed by atoms with Crippen LogP contribution in [0.5, 0.6) is 0 Å². The highest BCUT2D eigenvalue weighted by atomic mass is 16.5. The molecule has 3 nitrogen and oxygen atoms in total. The van der Waals surface area contributed by atoms with Gasteiger partial charge in [-0.1, -0.05) is 17.7 Å². The monoisotopic (exact) mass is 251 g/mol. The first-order valence-electron chi connectivity index (χ1n) is 6.48. The Morgan fingerprint density at radius 1 is 1.28 bits per heavy atom. The molecular formula is C15H25NO2. The Morgan fingerprint density at radius 3 is 2.50 bits per heavy atom. The van der Waals surface area contributed by atoms with Gasteiger partial charge in [-0.2, -0.15) is 0 Å². The van der Waals surface area contributed by atoms with Crippen LogP contribution in [0.25, 0.3) is 0 Å². The Labute approximate surface area is 110 Å². The Hall–Kier alpha value is -1.06. The number of aliphatic hydroxyl groups excluding tert-OH is 1. The fourth-order valence-corrected chi connectivity index (χ4v) is 2.00. The van der Waals surface area contributed by atoms with E-state index >= 15 is 0 Å². The molecule has 0 saturated heterocycles. The summed E-state index contributed by atoms with van der Waals surface area (Å²) >= 11 is 0. The largest absolute Gasteiger partial charge is 0.389 e. The topological polar surface area (TPSA) is 32.7 Å². The molecule has 0 aliphatic heterocycles. The molecule has 1 N–H and O–H groups in total. The van der Waals surface area contributed by atoms with Crippen molar-refractivity contribution in [3.63, 3.8) is 0 Å². The van der Waals surface area contributed by atoms with E-state index < -0.39 is 6.10 Å². The number of aliphatic hydroxyl groups is 1. The number of ether oxygens (including phenoxy) is 1. The first kappa shape index (κ1) is 15.0. The summed E-state index contributed by atoms with van der Waals surface area (Å²) in [5, 5.41) is 9.91. The molecule has 0 bridgehead atoms. The smallest absolute Gasteiger partial charge is 0.0948 e. The summed E-state index contributed by atoms with van der Waals surface area (Å²) in [4.78, 5) is 2.07. The van der Waals surface area contributed by atoms with E-state index in [4.69, 9.17) is 4.74 Å². The van der Waals surface area contributed by atoms with Gasteiger partial charge in [-0.25, -0.2) is 0 Å². The maximum atomic E-state index is 9.91. The minimum absolute atomic E-state index is 0.158. The van der Waals surface area contributed by atoms with Crippen LogP contribution in [0.1, 0.15) is 25.0 Å². The SMILES string of the molecule is Cc1ccc(N(C)CC(O)COC(C)C)c(C)c1. The molecule has 102 valence electrons. The second-order valence-electron chi connectivity index (χ2n) is 5.21. The maximum absolute atomic E-state index is 9.91. The summed E-state index contributed by atoms with van der Waals surface area (Å²) in [6.07, 6.45) is -0.302. The summed E-state index contributed by atoms with van der Waals surface area (Å²) in [5.74, 6) is 0. The number of rotatable bonds is 6. The number of aryl methyl sites for hydroxylation is 2. The van der Waals surface area contributed by atoms with Crippen molar-refractivity contribution in [2.45, 2.75) is 39.9 Å². The minimum atomic E-state index is -0.460. The standard InChI is InChI=1S/C15H25NO2/c1-11(2)18-10-14(17)9-16(5)15-7-6-12(3)8-13(15)4/h6-8,11,14,17H,9-10H2,1-5H3. The van der Waals surface area contributed by atoms with Crippen LogP contribution in [0.3, 0.4) is 0 Å². The van der Waals surface area contributed by atoms with Gasteiger partial charge in [-0.3, -0.25) is 0 Å². The molecular weight excluding hydrogens is 226 g/mol. The molecule has 0 aliphatic carbocycles. The van der Waals surface area contributed by atoms with Crippen LogP contribution in [0, 0.1) is 13.8 Å². The molecule has 1 aromatic carbocycles. The summed E-state index contributed by atoms with van der Waals surface area (Å²) in [6, 6.07) is 6.35. The first-order chi connectivity index (χ1) is 8.40. The molecule has 1 aromatic rings. The van der Waals surface area contributed by atoms with Gasteiger partial charge in [-0.15, -0.1) is 0 Å². The van der Waals surface area contributed by atoms with Gasteiger partial charge in [0.05, 0.1) is 18.8 Å². The van der Waals surface area contributed by atoms with Crippen LogP contribution in [-0.2, 0) is 4.74 Å². The van der Waals surface area contributed by atoms with Crippen molar-refractivity contribution in [2.75, 3.05) is 25.1 Å². The molecule has 0 saturated carbocycles. The molecule has 3 heteroatoms. The van der Waals surface area contributed by atoms with Gasteiger partial charge in [0.1, 0.15) is 0 Å². The van der Waals surface area contributed by atoms with E-state index in [9.17, 15) is 5.11 Å². The zero-order valence-corrected chi connectivity index (χ0v) is 12.1. The predicted octanol–water partition coefficient (Wildman–Crippen LogP) is 2.53. The van der Waals surface area contributed by atoms with Crippen LogP contribution in [0.15, 0.2) is 18.2 Å². The molecule has 0 amide bonds. The average Bonchev–Trinajstić information content (AvgIpc) is 2.26. The molecule has 1 unspecified atom stereocenters. The number of hydrogen-bond acceptors (Lipinski definition) is 3. The fourth-order valence-electron chi connectivity index (χ4n) is 2.00. The van der Waals surface area contributed by atoms with Crippen LogP contribution in [0.2, 0.25) is 0 Å². The summed E-state index contributed by atoms with van der Waals surface area (Å²) in [6.45, 7) is 9.09. The molecule has 1 rings (SSSR count). The van der Waals surface area contributed by atoms with E-state index in [-0.39, 0.29) is 6.10 Å². The molecule has 0 aliphatic rings. The number of anilines is 1. The summed E-state index contributed by atoms with van der Waals surface area (Å²) < 4.78 is 5.41. The molecule has 18 heavy (non-hydrogen) atoms. The highest BCUT2D eigenvalue weighted by Crippen LogP contribution is 2.20. The highest BCUT2D eigenvalue weighted by molar-refractivity contribution is 5.53. The Morgan fingerprint density at radius 2 is 1.94 bits per heavy atom. The van der Waals surface area contributed by atoms with Gasteiger partial charge in [-0.05, 0) is 39.3 Å². The van der Waals surface area contributed by atoms with Gasteiger partial charge in [0.25, 0.3) is 0 Å². The van der Waals surface area contributed by atoms with Crippen molar-refractivity contribution in [3.05, 3.63) is 29.3 Å². The van der Waals surface area contributed by atoms with Crippen molar-refractivity contribution in [3.8, 4) is 0 Å². The Balaban J connectivity index is 2.56. The van der Waals surface area contributed by atoms with Crippen molar-refractivity contribution in [1.29, 1.82) is 0 Å². The third kappa shape index (κ3) is 4.67. The lowest BCUT2D eigenvalue weighted by Crippen LogP contribution is -2.33. The Kier molecular flexibility index (Phi) is 5.63. The Bertz CT molecular complexity index is 377. The van der Waals surface area contributed by atoms with E-state index in [0.717, 1.165) is 5.69 Å². The third-order valence-electron chi connectivity index (χ3n) is 2.87. The normalized spacial score (nSPS) is 12.8. The third-order valence-corrected chi connectivity index (χ3v) is 2.87. The van der Waals surface area contributed by atoms with E-state index in [2.05, 4.69) is 36.9 Å². The number of hydrogen-bond donors (Lipinski definition) is 1. The lowest BCUT2D eigenvalue weighted by molar-refractivity contribution is 0.00926. The quantitative estimate of drug-likeness (QED) is 0.843. The van der Waals surface area contributed by atoms with E-state index in [1.54, 1.807) is 0 Å². The van der Waals surface area contributed by atoms with Crippen LogP contribution in [-0.4, -0.2) is 37.5 Å². The molecule has 0 fully saturated rings. The van der Waals surface area contributed by atoms with Crippen LogP contribution >= 0.6 is 0 Å². The van der Waals surface area contributed by atoms with Crippen molar-refractivity contribution in [1.82, 2.24) is 0 Å². The summed E-state index contributed by atoms with van der Waals surface area (Å²) in [7, 11) is 2.00. The zero-order chi connectivity index (χ0) is 13.7. The van der Waals surface area contributed by atoms with Crippen molar-refractivity contribution in [2.24, 2.45) is 0 Å². The van der Waals surface area contributed by atoms with Crippen molar-refractivity contribution >= 4 is 5.69 Å². The number of likely N-dealkylation sites (N-methyl/N-ethyl adjacent to an activating group) is 1. The molecule has 0 radical (unpaired) electrons. The van der Waals surface area contributed by atoms with E-state index in [1.807, 2.05) is 20.9 Å². The zero-order valence-electron chi connectivity index (χ0n) is 12.1. The second-order valence-corrected chi connectivity index (χ2v) is 5.21. The number of benzene rings is 1. The average molecular weight is 251 g/mol. The molecule has 0 spiro atoms. The van der Waals surface area contributed by atoms with E-state index in [0.29, 0.717) is 13.2 Å². The first-order valence-corrected chi connectivity index (χ1v) is 6.48. The molecule has 0 aromatic heterocycles.